The van der Waals surface area contributed by atoms with Crippen molar-refractivity contribution >= 4 is 17.6 Å². The van der Waals surface area contributed by atoms with E-state index in [4.69, 9.17) is 4.74 Å². The maximum atomic E-state index is 14.0. The van der Waals surface area contributed by atoms with Crippen molar-refractivity contribution < 1.29 is 27.5 Å². The van der Waals surface area contributed by atoms with Gasteiger partial charge in [0.05, 0.1) is 17.5 Å². The molecular formula is C28H30F3N7O3. The highest BCUT2D eigenvalue weighted by atomic mass is 19.4. The van der Waals surface area contributed by atoms with Crippen LogP contribution in [0.4, 0.5) is 23.7 Å². The van der Waals surface area contributed by atoms with Crippen molar-refractivity contribution in [2.45, 2.75) is 37.7 Å². The highest BCUT2D eigenvalue weighted by molar-refractivity contribution is 6.12. The molecular weight excluding hydrogens is 539 g/mol. The summed E-state index contributed by atoms with van der Waals surface area (Å²) in [5.74, 6) is 0.184. The van der Waals surface area contributed by atoms with Crippen LogP contribution in [0.1, 0.15) is 24.0 Å². The number of carbonyl (C=O) groups excluding carboxylic acids is 2. The second kappa shape index (κ2) is 10.8. The fourth-order valence-corrected chi connectivity index (χ4v) is 5.55. The Hall–Kier alpha value is -3.97. The average Bonchev–Trinajstić information content (AvgIpc) is 3.49. The normalized spacial score (nSPS) is 21.9. The Morgan fingerprint density at radius 2 is 1.88 bits per heavy atom. The lowest BCUT2D eigenvalue weighted by atomic mass is 9.88. The number of amides is 3. The predicted molar refractivity (Wildman–Crippen MR) is 143 cm³/mol. The molecule has 6 rings (SSSR count). The van der Waals surface area contributed by atoms with E-state index in [0.29, 0.717) is 37.4 Å². The third kappa shape index (κ3) is 5.64. The van der Waals surface area contributed by atoms with Crippen molar-refractivity contribution in [1.82, 2.24) is 29.9 Å². The minimum atomic E-state index is -4.59. The van der Waals surface area contributed by atoms with Crippen LogP contribution in [-0.4, -0.2) is 81.4 Å². The minimum absolute atomic E-state index is 0.0640. The first kappa shape index (κ1) is 27.2. The number of benzene rings is 1. The van der Waals surface area contributed by atoms with Crippen LogP contribution in [0.2, 0.25) is 0 Å². The Labute approximate surface area is 234 Å². The van der Waals surface area contributed by atoms with Gasteiger partial charge in [-0.3, -0.25) is 29.2 Å². The lowest BCUT2D eigenvalue weighted by molar-refractivity contribution is -0.138. The summed E-state index contributed by atoms with van der Waals surface area (Å²) in [6, 6.07) is 6.47. The van der Waals surface area contributed by atoms with Crippen LogP contribution in [0.3, 0.4) is 0 Å². The summed E-state index contributed by atoms with van der Waals surface area (Å²) in [6.45, 7) is 2.64. The molecule has 1 N–H and O–H groups in total. The molecule has 13 heteroatoms. The smallest absolute Gasteiger partial charge is 0.416 e. The summed E-state index contributed by atoms with van der Waals surface area (Å²) in [7, 11) is 1.82. The minimum Gasteiger partial charge on any atom is -0.490 e. The van der Waals surface area contributed by atoms with Gasteiger partial charge >= 0.3 is 12.2 Å². The number of aryl methyl sites for hydroxylation is 1. The second-order valence-corrected chi connectivity index (χ2v) is 10.6. The molecule has 1 aromatic carbocycles. The summed E-state index contributed by atoms with van der Waals surface area (Å²) in [6.07, 6.45) is 1.27. The molecule has 0 unspecified atom stereocenters. The first-order valence-corrected chi connectivity index (χ1v) is 13.5. The number of piperazine rings is 1. The third-order valence-electron chi connectivity index (χ3n) is 7.78. The SMILES string of the molecule is Cn1cc(-c2cc(O[C@H]3C[C@H](N4C(=O)CN(c5ccc(CN6CCNCC6)c(C(F)(F)F)c5)C4=O)C3)ccn2)cn1. The zero-order valence-corrected chi connectivity index (χ0v) is 22.5. The van der Waals surface area contributed by atoms with E-state index < -0.39 is 23.7 Å². The number of nitrogens with zero attached hydrogens (tertiary/aromatic N) is 6. The van der Waals surface area contributed by atoms with E-state index in [-0.39, 0.29) is 36.5 Å². The van der Waals surface area contributed by atoms with Crippen molar-refractivity contribution in [3.63, 3.8) is 0 Å². The van der Waals surface area contributed by atoms with Gasteiger partial charge in [0.25, 0.3) is 5.91 Å². The highest BCUT2D eigenvalue weighted by Crippen LogP contribution is 2.38. The molecule has 3 aromatic rings. The fourth-order valence-electron chi connectivity index (χ4n) is 5.55. The molecule has 3 aliphatic rings. The monoisotopic (exact) mass is 569 g/mol. The Morgan fingerprint density at radius 1 is 1.10 bits per heavy atom. The van der Waals surface area contributed by atoms with E-state index in [2.05, 4.69) is 15.4 Å². The van der Waals surface area contributed by atoms with Gasteiger partial charge < -0.3 is 10.1 Å². The van der Waals surface area contributed by atoms with Crippen molar-refractivity contribution in [3.8, 4) is 17.0 Å². The maximum Gasteiger partial charge on any atom is 0.416 e. The number of rotatable bonds is 7. The third-order valence-corrected chi connectivity index (χ3v) is 7.78. The zero-order chi connectivity index (χ0) is 28.7. The number of aromatic nitrogens is 3. The van der Waals surface area contributed by atoms with Gasteiger partial charge in [-0.1, -0.05) is 6.07 Å². The highest BCUT2D eigenvalue weighted by Gasteiger charge is 2.47. The van der Waals surface area contributed by atoms with E-state index >= 15 is 0 Å². The van der Waals surface area contributed by atoms with Gasteiger partial charge in [-0.05, 0) is 23.8 Å². The molecule has 4 heterocycles. The van der Waals surface area contributed by atoms with E-state index in [9.17, 15) is 22.8 Å². The summed E-state index contributed by atoms with van der Waals surface area (Å²) < 4.78 is 49.8. The van der Waals surface area contributed by atoms with Crippen LogP contribution < -0.4 is 15.0 Å². The molecule has 2 aromatic heterocycles. The molecule has 1 aliphatic carbocycles. The maximum absolute atomic E-state index is 14.0. The van der Waals surface area contributed by atoms with E-state index in [1.807, 2.05) is 24.2 Å². The van der Waals surface area contributed by atoms with E-state index in [1.54, 1.807) is 23.1 Å². The van der Waals surface area contributed by atoms with Gasteiger partial charge in [0.1, 0.15) is 18.4 Å². The first-order valence-electron chi connectivity index (χ1n) is 13.5. The molecule has 1 saturated carbocycles. The Kier molecular flexibility index (Phi) is 7.16. The number of pyridine rings is 1. The van der Waals surface area contributed by atoms with Crippen molar-refractivity contribution in [3.05, 3.63) is 60.0 Å². The molecule has 3 amide bonds. The molecule has 3 fully saturated rings. The van der Waals surface area contributed by atoms with E-state index in [1.165, 1.54) is 12.1 Å². The predicted octanol–water partition coefficient (Wildman–Crippen LogP) is 3.28. The second-order valence-electron chi connectivity index (χ2n) is 10.6. The van der Waals surface area contributed by atoms with Crippen LogP contribution in [0, 0.1) is 0 Å². The Bertz CT molecular complexity index is 1450. The van der Waals surface area contributed by atoms with Gasteiger partial charge in [0, 0.05) is 88.4 Å². The van der Waals surface area contributed by atoms with Crippen molar-refractivity contribution in [1.29, 1.82) is 0 Å². The largest absolute Gasteiger partial charge is 0.490 e. The van der Waals surface area contributed by atoms with Crippen LogP contribution >= 0.6 is 0 Å². The lowest BCUT2D eigenvalue weighted by Crippen LogP contribution is -2.52. The quantitative estimate of drug-likeness (QED) is 0.437. The molecule has 0 bridgehead atoms. The Balaban J connectivity index is 1.11. The average molecular weight is 570 g/mol. The van der Waals surface area contributed by atoms with Crippen molar-refractivity contribution in [2.24, 2.45) is 7.05 Å². The number of carbonyl (C=O) groups is 2. The summed E-state index contributed by atoms with van der Waals surface area (Å²) >= 11 is 0. The number of nitrogens with one attached hydrogen (secondary N) is 1. The molecule has 10 nitrogen and oxygen atoms in total. The zero-order valence-electron chi connectivity index (χ0n) is 22.5. The van der Waals surface area contributed by atoms with Crippen LogP contribution in [-0.2, 0) is 24.6 Å². The fraction of sp³-hybridized carbons (Fsp3) is 0.429. The van der Waals surface area contributed by atoms with Crippen molar-refractivity contribution in [2.75, 3.05) is 37.6 Å². The van der Waals surface area contributed by atoms with Crippen LogP contribution in [0.15, 0.2) is 48.9 Å². The topological polar surface area (TPSA) is 95.8 Å². The number of alkyl halides is 3. The Morgan fingerprint density at radius 3 is 2.59 bits per heavy atom. The summed E-state index contributed by atoms with van der Waals surface area (Å²) in [5.41, 5.74) is 0.994. The van der Waals surface area contributed by atoms with E-state index in [0.717, 1.165) is 34.5 Å². The van der Waals surface area contributed by atoms with Gasteiger partial charge in [0.2, 0.25) is 0 Å². The number of halogens is 3. The molecule has 0 spiro atoms. The van der Waals surface area contributed by atoms with Gasteiger partial charge in [0.15, 0.2) is 0 Å². The van der Waals surface area contributed by atoms with Crippen LogP contribution in [0.5, 0.6) is 5.75 Å². The number of anilines is 1. The van der Waals surface area contributed by atoms with Crippen LogP contribution in [0.25, 0.3) is 11.3 Å². The number of urea groups is 1. The number of hydrogen-bond acceptors (Lipinski definition) is 7. The lowest BCUT2D eigenvalue weighted by Gasteiger charge is -2.39. The number of imide groups is 1. The standard InChI is InChI=1S/C28H30F3N7O3/c1-35-15-19(14-34-35)25-13-22(4-5-33-25)41-23-10-21(11-23)38-26(39)17-37(27(38)40)20-3-2-18(24(12-20)28(29,30)31)16-36-8-6-32-7-9-36/h2-5,12-15,21,23,32H,6-11,16-17H2,1H3/t21-,23-. The first-order chi connectivity index (χ1) is 19.7. The molecule has 41 heavy (non-hydrogen) atoms. The van der Waals surface area contributed by atoms with Gasteiger partial charge in [-0.15, -0.1) is 0 Å². The number of ether oxygens (including phenoxy) is 1. The molecule has 2 aliphatic heterocycles. The van der Waals surface area contributed by atoms with Gasteiger partial charge in [-0.25, -0.2) is 4.79 Å². The summed E-state index contributed by atoms with van der Waals surface area (Å²) in [5, 5.41) is 7.34. The molecule has 2 saturated heterocycles. The summed E-state index contributed by atoms with van der Waals surface area (Å²) in [4.78, 5) is 34.7. The molecule has 0 radical (unpaired) electrons. The molecule has 216 valence electrons. The van der Waals surface area contributed by atoms with Gasteiger partial charge in [-0.2, -0.15) is 18.3 Å². The molecule has 0 atom stereocenters. The number of hydrogen-bond donors (Lipinski definition) is 1.